The Balaban J connectivity index is 1.44. The van der Waals surface area contributed by atoms with E-state index < -0.39 is 0 Å². The Hall–Kier alpha value is -1.88. The first-order chi connectivity index (χ1) is 13.5. The third-order valence-electron chi connectivity index (χ3n) is 6.05. The first-order valence-corrected chi connectivity index (χ1v) is 10.9. The number of benzene rings is 1. The van der Waals surface area contributed by atoms with Crippen LogP contribution in [-0.2, 0) is 16.1 Å². The molecule has 2 aliphatic heterocycles. The van der Waals surface area contributed by atoms with Crippen LogP contribution in [0.15, 0.2) is 30.3 Å². The van der Waals surface area contributed by atoms with Crippen molar-refractivity contribution in [2.75, 3.05) is 26.2 Å². The van der Waals surface area contributed by atoms with Gasteiger partial charge in [-0.15, -0.1) is 0 Å². The van der Waals surface area contributed by atoms with E-state index in [1.165, 1.54) is 0 Å². The number of likely N-dealkylation sites (tertiary alicyclic amines) is 2. The quantitative estimate of drug-likeness (QED) is 0.819. The second-order valence-electron chi connectivity index (χ2n) is 8.75. The number of amides is 2. The van der Waals surface area contributed by atoms with E-state index in [1.54, 1.807) is 0 Å². The normalized spacial score (nSPS) is 21.7. The Bertz CT molecular complexity index is 639. The lowest BCUT2D eigenvalue weighted by Crippen LogP contribution is -2.51. The van der Waals surface area contributed by atoms with Crippen LogP contribution in [0.25, 0.3) is 0 Å². The average molecular weight is 386 g/mol. The summed E-state index contributed by atoms with van der Waals surface area (Å²) >= 11 is 0. The van der Waals surface area contributed by atoms with Gasteiger partial charge in [-0.1, -0.05) is 44.2 Å². The molecule has 0 spiro atoms. The number of carbonyl (C=O) groups excluding carboxylic acids is 2. The van der Waals surface area contributed by atoms with Crippen molar-refractivity contribution >= 4 is 11.8 Å². The largest absolute Gasteiger partial charge is 0.352 e. The maximum absolute atomic E-state index is 12.7. The first-order valence-electron chi connectivity index (χ1n) is 10.9. The highest BCUT2D eigenvalue weighted by molar-refractivity contribution is 5.79. The van der Waals surface area contributed by atoms with Gasteiger partial charge >= 0.3 is 0 Å². The molecule has 1 aromatic rings. The molecule has 5 nitrogen and oxygen atoms in total. The summed E-state index contributed by atoms with van der Waals surface area (Å²) in [7, 11) is 0. The van der Waals surface area contributed by atoms with Crippen molar-refractivity contribution in [3.63, 3.8) is 0 Å². The molecule has 0 bridgehead atoms. The van der Waals surface area contributed by atoms with Crippen molar-refractivity contribution in [2.24, 2.45) is 11.8 Å². The minimum atomic E-state index is 0.0815. The summed E-state index contributed by atoms with van der Waals surface area (Å²) in [4.78, 5) is 29.5. The minimum absolute atomic E-state index is 0.0815. The van der Waals surface area contributed by atoms with Gasteiger partial charge in [0.2, 0.25) is 11.8 Å². The molecule has 2 aliphatic rings. The third kappa shape index (κ3) is 5.81. The topological polar surface area (TPSA) is 52.7 Å². The van der Waals surface area contributed by atoms with Gasteiger partial charge in [0, 0.05) is 38.6 Å². The Kier molecular flexibility index (Phi) is 7.49. The van der Waals surface area contributed by atoms with Gasteiger partial charge in [0.15, 0.2) is 0 Å². The van der Waals surface area contributed by atoms with Crippen molar-refractivity contribution in [2.45, 2.75) is 58.5 Å². The number of hydrogen-bond acceptors (Lipinski definition) is 3. The van der Waals surface area contributed by atoms with Crippen molar-refractivity contribution < 1.29 is 9.59 Å². The van der Waals surface area contributed by atoms with Gasteiger partial charge in [0.25, 0.3) is 0 Å². The number of piperidine rings is 2. The second-order valence-corrected chi connectivity index (χ2v) is 8.75. The molecule has 0 radical (unpaired) electrons. The molecular weight excluding hydrogens is 350 g/mol. The predicted molar refractivity (Wildman–Crippen MR) is 112 cm³/mol. The van der Waals surface area contributed by atoms with Crippen molar-refractivity contribution in [1.29, 1.82) is 0 Å². The molecule has 2 fully saturated rings. The summed E-state index contributed by atoms with van der Waals surface area (Å²) in [6.45, 7) is 8.45. The molecule has 5 heteroatoms. The summed E-state index contributed by atoms with van der Waals surface area (Å²) in [5.41, 5.74) is 1.14. The van der Waals surface area contributed by atoms with Crippen LogP contribution in [0, 0.1) is 11.8 Å². The van der Waals surface area contributed by atoms with Crippen molar-refractivity contribution in [3.8, 4) is 0 Å². The molecule has 3 rings (SSSR count). The highest BCUT2D eigenvalue weighted by atomic mass is 16.2. The predicted octanol–water partition coefficient (Wildman–Crippen LogP) is 3.05. The lowest BCUT2D eigenvalue weighted by Gasteiger charge is -2.42. The molecule has 0 aliphatic carbocycles. The third-order valence-corrected chi connectivity index (χ3v) is 6.05. The fourth-order valence-electron chi connectivity index (χ4n) is 4.44. The summed E-state index contributed by atoms with van der Waals surface area (Å²) in [6.07, 6.45) is 4.77. The SMILES string of the molecule is CC(C)CC(=O)N1CCC(N2CCC[C@@H](C(=O)NCc3ccccc3)C2)CC1. The Morgan fingerprint density at radius 1 is 1.07 bits per heavy atom. The van der Waals surface area contributed by atoms with Crippen LogP contribution in [0.2, 0.25) is 0 Å². The van der Waals surface area contributed by atoms with Crippen LogP contribution in [0.1, 0.15) is 51.5 Å². The highest BCUT2D eigenvalue weighted by Gasteiger charge is 2.32. The van der Waals surface area contributed by atoms with Gasteiger partial charge in [-0.05, 0) is 43.7 Å². The van der Waals surface area contributed by atoms with Crippen LogP contribution in [0.4, 0.5) is 0 Å². The number of nitrogens with one attached hydrogen (secondary N) is 1. The van der Waals surface area contributed by atoms with E-state index in [2.05, 4.69) is 24.1 Å². The highest BCUT2D eigenvalue weighted by Crippen LogP contribution is 2.24. The zero-order valence-electron chi connectivity index (χ0n) is 17.4. The van der Waals surface area contributed by atoms with E-state index in [4.69, 9.17) is 0 Å². The minimum Gasteiger partial charge on any atom is -0.352 e. The van der Waals surface area contributed by atoms with E-state index in [-0.39, 0.29) is 11.8 Å². The Labute approximate surface area is 169 Å². The molecule has 1 N–H and O–H groups in total. The zero-order chi connectivity index (χ0) is 19.9. The molecule has 1 aromatic carbocycles. The van der Waals surface area contributed by atoms with Gasteiger partial charge in [0.05, 0.1) is 5.92 Å². The number of rotatable bonds is 6. The van der Waals surface area contributed by atoms with Crippen LogP contribution in [0.5, 0.6) is 0 Å². The molecule has 2 heterocycles. The number of carbonyl (C=O) groups is 2. The van der Waals surface area contributed by atoms with Gasteiger partial charge in [-0.3, -0.25) is 14.5 Å². The van der Waals surface area contributed by atoms with E-state index in [0.29, 0.717) is 30.8 Å². The van der Waals surface area contributed by atoms with Crippen LogP contribution >= 0.6 is 0 Å². The van der Waals surface area contributed by atoms with E-state index in [9.17, 15) is 9.59 Å². The number of hydrogen-bond donors (Lipinski definition) is 1. The second kappa shape index (κ2) is 10.1. The smallest absolute Gasteiger partial charge is 0.224 e. The van der Waals surface area contributed by atoms with Crippen LogP contribution in [-0.4, -0.2) is 53.8 Å². The van der Waals surface area contributed by atoms with Gasteiger partial charge < -0.3 is 10.2 Å². The maximum atomic E-state index is 12.7. The molecular formula is C23H35N3O2. The molecule has 1 atom stereocenters. The molecule has 2 amide bonds. The maximum Gasteiger partial charge on any atom is 0.224 e. The fourth-order valence-corrected chi connectivity index (χ4v) is 4.44. The number of nitrogens with zero attached hydrogens (tertiary/aromatic N) is 2. The first kappa shape index (κ1) is 20.8. The fraction of sp³-hybridized carbons (Fsp3) is 0.652. The molecule has 154 valence electrons. The monoisotopic (exact) mass is 385 g/mol. The van der Waals surface area contributed by atoms with Gasteiger partial charge in [-0.2, -0.15) is 0 Å². The summed E-state index contributed by atoms with van der Waals surface area (Å²) in [5, 5.41) is 3.11. The van der Waals surface area contributed by atoms with Crippen molar-refractivity contribution in [3.05, 3.63) is 35.9 Å². The van der Waals surface area contributed by atoms with Gasteiger partial charge in [-0.25, -0.2) is 0 Å². The van der Waals surface area contributed by atoms with E-state index in [1.807, 2.05) is 35.2 Å². The van der Waals surface area contributed by atoms with E-state index >= 15 is 0 Å². The molecule has 0 aromatic heterocycles. The lowest BCUT2D eigenvalue weighted by atomic mass is 9.93. The molecule has 0 unspecified atom stereocenters. The summed E-state index contributed by atoms with van der Waals surface area (Å²) < 4.78 is 0. The summed E-state index contributed by atoms with van der Waals surface area (Å²) in [5.74, 6) is 0.976. The zero-order valence-corrected chi connectivity index (χ0v) is 17.4. The lowest BCUT2D eigenvalue weighted by molar-refractivity contribution is -0.133. The Morgan fingerprint density at radius 2 is 1.79 bits per heavy atom. The molecule has 28 heavy (non-hydrogen) atoms. The molecule has 2 saturated heterocycles. The Morgan fingerprint density at radius 3 is 2.46 bits per heavy atom. The van der Waals surface area contributed by atoms with Gasteiger partial charge in [0.1, 0.15) is 0 Å². The van der Waals surface area contributed by atoms with Crippen LogP contribution < -0.4 is 5.32 Å². The molecule has 0 saturated carbocycles. The summed E-state index contributed by atoms with van der Waals surface area (Å²) in [6, 6.07) is 10.6. The van der Waals surface area contributed by atoms with E-state index in [0.717, 1.165) is 57.4 Å². The average Bonchev–Trinajstić information content (AvgIpc) is 2.72. The van der Waals surface area contributed by atoms with Crippen molar-refractivity contribution in [1.82, 2.24) is 15.1 Å². The van der Waals surface area contributed by atoms with Crippen LogP contribution in [0.3, 0.4) is 0 Å². The standard InChI is InChI=1S/C23H35N3O2/c1-18(2)15-22(27)25-13-10-21(11-14-25)26-12-6-9-20(17-26)23(28)24-16-19-7-4-3-5-8-19/h3-5,7-8,18,20-21H,6,9-17H2,1-2H3,(H,24,28)/t20-/m1/s1.